The van der Waals surface area contributed by atoms with Crippen molar-refractivity contribution in [3.63, 3.8) is 0 Å². The van der Waals surface area contributed by atoms with E-state index < -0.39 is 5.78 Å². The summed E-state index contributed by atoms with van der Waals surface area (Å²) >= 11 is 0. The molecule has 3 nitrogen and oxygen atoms in total. The van der Waals surface area contributed by atoms with Crippen LogP contribution in [0.3, 0.4) is 0 Å². The standard InChI is InChI=1S/C8H5O3/c9-5-8(11)6-3-1-2-4-7(6)10/h1-4,10H. The Balaban J connectivity index is 3.13. The Morgan fingerprint density at radius 2 is 2.00 bits per heavy atom. The average Bonchev–Trinajstić information content (AvgIpc) is 2.04. The van der Waals surface area contributed by atoms with Crippen LogP contribution in [-0.2, 0) is 4.79 Å². The van der Waals surface area contributed by atoms with Crippen molar-refractivity contribution in [2.45, 2.75) is 0 Å². The van der Waals surface area contributed by atoms with Crippen molar-refractivity contribution in [2.75, 3.05) is 0 Å². The normalized spacial score (nSPS) is 9.09. The Morgan fingerprint density at radius 3 is 2.55 bits per heavy atom. The van der Waals surface area contributed by atoms with Crippen molar-refractivity contribution in [3.8, 4) is 5.75 Å². The van der Waals surface area contributed by atoms with Crippen molar-refractivity contribution in [1.82, 2.24) is 0 Å². The first kappa shape index (κ1) is 7.47. The molecule has 1 N–H and O–H groups in total. The molecule has 55 valence electrons. The van der Waals surface area contributed by atoms with Gasteiger partial charge in [-0.3, -0.25) is 9.59 Å². The monoisotopic (exact) mass is 149 g/mol. The van der Waals surface area contributed by atoms with Crippen LogP contribution < -0.4 is 0 Å². The lowest BCUT2D eigenvalue weighted by Crippen LogP contribution is -1.99. The van der Waals surface area contributed by atoms with E-state index in [4.69, 9.17) is 5.11 Å². The lowest BCUT2D eigenvalue weighted by molar-refractivity contribution is 0.105. The minimum Gasteiger partial charge on any atom is -0.507 e. The van der Waals surface area contributed by atoms with Gasteiger partial charge in [0.05, 0.1) is 5.56 Å². The number of benzene rings is 1. The van der Waals surface area contributed by atoms with E-state index >= 15 is 0 Å². The van der Waals surface area contributed by atoms with Crippen LogP contribution in [0.25, 0.3) is 0 Å². The second-order valence-corrected chi connectivity index (χ2v) is 1.95. The lowest BCUT2D eigenvalue weighted by atomic mass is 10.1. The van der Waals surface area contributed by atoms with Crippen LogP contribution in [0.5, 0.6) is 5.75 Å². The summed E-state index contributed by atoms with van der Waals surface area (Å²) in [4.78, 5) is 20.5. The molecule has 0 aliphatic heterocycles. The number of hydrogen-bond acceptors (Lipinski definition) is 3. The van der Waals surface area contributed by atoms with Crippen LogP contribution in [0.4, 0.5) is 0 Å². The molecule has 0 aromatic heterocycles. The maximum absolute atomic E-state index is 10.7. The number of aromatic hydroxyl groups is 1. The predicted octanol–water partition coefficient (Wildman–Crippen LogP) is 0.685. The second-order valence-electron chi connectivity index (χ2n) is 1.95. The SMILES string of the molecule is O=[C]C(=O)c1ccccc1O. The van der Waals surface area contributed by atoms with Gasteiger partial charge in [0.25, 0.3) is 6.29 Å². The van der Waals surface area contributed by atoms with E-state index in [1.807, 2.05) is 0 Å². The van der Waals surface area contributed by atoms with E-state index in [9.17, 15) is 9.59 Å². The molecule has 1 radical (unpaired) electrons. The molecule has 0 amide bonds. The van der Waals surface area contributed by atoms with E-state index in [0.29, 0.717) is 0 Å². The highest BCUT2D eigenvalue weighted by molar-refractivity contribution is 6.34. The topological polar surface area (TPSA) is 54.4 Å². The van der Waals surface area contributed by atoms with Gasteiger partial charge in [0.15, 0.2) is 0 Å². The summed E-state index contributed by atoms with van der Waals surface area (Å²) in [5.74, 6) is -1.02. The van der Waals surface area contributed by atoms with Gasteiger partial charge in [-0.2, -0.15) is 0 Å². The number of Topliss-reactive ketones (excluding diaryl/α,β-unsaturated/α-hetero) is 1. The average molecular weight is 149 g/mol. The Kier molecular flexibility index (Phi) is 2.01. The first-order valence-electron chi connectivity index (χ1n) is 2.96. The largest absolute Gasteiger partial charge is 0.507 e. The van der Waals surface area contributed by atoms with Crippen LogP contribution in [0.2, 0.25) is 0 Å². The van der Waals surface area contributed by atoms with Crippen molar-refractivity contribution in [2.24, 2.45) is 0 Å². The smallest absolute Gasteiger partial charge is 0.277 e. The zero-order valence-corrected chi connectivity index (χ0v) is 5.57. The highest BCUT2D eigenvalue weighted by atomic mass is 16.3. The van der Waals surface area contributed by atoms with Gasteiger partial charge in [-0.1, -0.05) is 12.1 Å². The molecule has 3 heteroatoms. The summed E-state index contributed by atoms with van der Waals surface area (Å²) in [5, 5.41) is 9.01. The molecule has 1 rings (SSSR count). The summed E-state index contributed by atoms with van der Waals surface area (Å²) in [6.45, 7) is 0. The van der Waals surface area contributed by atoms with Gasteiger partial charge in [-0.25, -0.2) is 0 Å². The molecular formula is C8H5O3. The van der Waals surface area contributed by atoms with Crippen molar-refractivity contribution < 1.29 is 14.7 Å². The summed E-state index contributed by atoms with van der Waals surface area (Å²) in [7, 11) is 0. The number of hydrogen-bond donors (Lipinski definition) is 1. The summed E-state index contributed by atoms with van der Waals surface area (Å²) in [6, 6.07) is 5.83. The third kappa shape index (κ3) is 1.43. The van der Waals surface area contributed by atoms with E-state index in [2.05, 4.69) is 0 Å². The van der Waals surface area contributed by atoms with Crippen LogP contribution >= 0.6 is 0 Å². The van der Waals surface area contributed by atoms with E-state index in [1.165, 1.54) is 18.4 Å². The molecule has 0 heterocycles. The molecular weight excluding hydrogens is 144 g/mol. The number of carbonyl (C=O) groups excluding carboxylic acids is 2. The van der Waals surface area contributed by atoms with Crippen molar-refractivity contribution in [3.05, 3.63) is 29.8 Å². The molecule has 1 aromatic rings. The first-order chi connectivity index (χ1) is 5.25. The first-order valence-corrected chi connectivity index (χ1v) is 2.96. The highest BCUT2D eigenvalue weighted by Gasteiger charge is 2.08. The minimum absolute atomic E-state index is 0.0116. The molecule has 0 fully saturated rings. The molecule has 0 aliphatic rings. The van der Waals surface area contributed by atoms with E-state index in [-0.39, 0.29) is 11.3 Å². The van der Waals surface area contributed by atoms with Crippen LogP contribution in [0.15, 0.2) is 24.3 Å². The zero-order valence-electron chi connectivity index (χ0n) is 5.57. The van der Waals surface area contributed by atoms with E-state index in [0.717, 1.165) is 0 Å². The lowest BCUT2D eigenvalue weighted by Gasteiger charge is -1.95. The molecule has 0 saturated heterocycles. The van der Waals surface area contributed by atoms with Crippen molar-refractivity contribution >= 4 is 12.1 Å². The molecule has 0 unspecified atom stereocenters. The van der Waals surface area contributed by atoms with Crippen LogP contribution in [-0.4, -0.2) is 17.2 Å². The molecule has 0 aliphatic carbocycles. The minimum atomic E-state index is -0.830. The second kappa shape index (κ2) is 2.96. The summed E-state index contributed by atoms with van der Waals surface area (Å²) < 4.78 is 0. The molecule has 1 aromatic carbocycles. The van der Waals surface area contributed by atoms with Gasteiger partial charge in [0.1, 0.15) is 5.75 Å². The third-order valence-electron chi connectivity index (χ3n) is 1.24. The molecule has 0 atom stereocenters. The van der Waals surface area contributed by atoms with Gasteiger partial charge in [-0.15, -0.1) is 0 Å². The van der Waals surface area contributed by atoms with Gasteiger partial charge >= 0.3 is 0 Å². The fourth-order valence-corrected chi connectivity index (χ4v) is 0.721. The van der Waals surface area contributed by atoms with Gasteiger partial charge in [0, 0.05) is 0 Å². The number of para-hydroxylation sites is 1. The zero-order chi connectivity index (χ0) is 8.27. The van der Waals surface area contributed by atoms with Gasteiger partial charge in [-0.05, 0) is 12.1 Å². The fourth-order valence-electron chi connectivity index (χ4n) is 0.721. The van der Waals surface area contributed by atoms with Crippen LogP contribution in [0.1, 0.15) is 10.4 Å². The number of carbonyl (C=O) groups is 1. The Labute approximate surface area is 63.3 Å². The maximum Gasteiger partial charge on any atom is 0.277 e. The third-order valence-corrected chi connectivity index (χ3v) is 1.24. The molecule has 11 heavy (non-hydrogen) atoms. The fraction of sp³-hybridized carbons (Fsp3) is 0. The maximum atomic E-state index is 10.7. The highest BCUT2D eigenvalue weighted by Crippen LogP contribution is 2.14. The molecule has 0 saturated carbocycles. The van der Waals surface area contributed by atoms with E-state index in [1.54, 1.807) is 12.1 Å². The number of phenols is 1. The summed E-state index contributed by atoms with van der Waals surface area (Å²) in [5.41, 5.74) is -0.0116. The number of ketones is 1. The molecule has 0 bridgehead atoms. The number of rotatable bonds is 2. The quantitative estimate of drug-likeness (QED) is 0.497. The Bertz CT molecular complexity index is 291. The predicted molar refractivity (Wildman–Crippen MR) is 38.1 cm³/mol. The number of phenolic OH excluding ortho intramolecular Hbond substituents is 1. The van der Waals surface area contributed by atoms with Crippen molar-refractivity contribution in [1.29, 1.82) is 0 Å². The summed E-state index contributed by atoms with van der Waals surface area (Å²) in [6.07, 6.45) is 1.17. The Hall–Kier alpha value is -1.64. The molecule has 0 spiro atoms. The Morgan fingerprint density at radius 1 is 1.36 bits per heavy atom. The van der Waals surface area contributed by atoms with Crippen LogP contribution in [0, 0.1) is 0 Å². The van der Waals surface area contributed by atoms with Gasteiger partial charge in [0.2, 0.25) is 5.78 Å². The van der Waals surface area contributed by atoms with Gasteiger partial charge < -0.3 is 5.11 Å².